The molecule has 110 valence electrons. The van der Waals surface area contributed by atoms with Gasteiger partial charge in [0.25, 0.3) is 0 Å². The standard InChI is InChI=1S/C15H17ClN4O/c1-9-5-6-10(2)14(7-9)20-15(16)13(11(3)19-20)8-17-18-12(4)21/h5-8H,1-4H3,(H,18,21)/b17-8-. The lowest BCUT2D eigenvalue weighted by molar-refractivity contribution is -0.118. The van der Waals surface area contributed by atoms with Crippen LogP contribution in [0.15, 0.2) is 23.3 Å². The van der Waals surface area contributed by atoms with Gasteiger partial charge in [0.1, 0.15) is 5.15 Å². The van der Waals surface area contributed by atoms with Gasteiger partial charge >= 0.3 is 0 Å². The predicted molar refractivity (Wildman–Crippen MR) is 84.2 cm³/mol. The summed E-state index contributed by atoms with van der Waals surface area (Å²) in [6.45, 7) is 7.27. The van der Waals surface area contributed by atoms with Crippen LogP contribution in [0.2, 0.25) is 5.15 Å². The van der Waals surface area contributed by atoms with E-state index < -0.39 is 0 Å². The van der Waals surface area contributed by atoms with Crippen molar-refractivity contribution in [2.75, 3.05) is 0 Å². The molecule has 0 aliphatic carbocycles. The van der Waals surface area contributed by atoms with Crippen molar-refractivity contribution in [3.63, 3.8) is 0 Å². The monoisotopic (exact) mass is 304 g/mol. The highest BCUT2D eigenvalue weighted by molar-refractivity contribution is 6.32. The minimum Gasteiger partial charge on any atom is -0.274 e. The lowest BCUT2D eigenvalue weighted by Gasteiger charge is -2.08. The minimum absolute atomic E-state index is 0.234. The molecule has 1 heterocycles. The molecule has 1 N–H and O–H groups in total. The van der Waals surface area contributed by atoms with Crippen molar-refractivity contribution in [3.8, 4) is 5.69 Å². The molecular formula is C15H17ClN4O. The molecule has 6 heteroatoms. The normalized spacial score (nSPS) is 11.1. The first-order chi connectivity index (χ1) is 9.90. The molecule has 0 aliphatic rings. The number of hydrogen-bond donors (Lipinski definition) is 1. The first kappa shape index (κ1) is 15.3. The number of rotatable bonds is 3. The van der Waals surface area contributed by atoms with Crippen molar-refractivity contribution in [1.29, 1.82) is 0 Å². The van der Waals surface area contributed by atoms with E-state index in [0.29, 0.717) is 10.7 Å². The van der Waals surface area contributed by atoms with Crippen molar-refractivity contribution < 1.29 is 4.79 Å². The fourth-order valence-electron chi connectivity index (χ4n) is 1.95. The van der Waals surface area contributed by atoms with Gasteiger partial charge in [0, 0.05) is 6.92 Å². The molecule has 1 aromatic carbocycles. The molecule has 0 radical (unpaired) electrons. The Balaban J connectivity index is 2.46. The summed E-state index contributed by atoms with van der Waals surface area (Å²) in [5.41, 5.74) is 6.93. The lowest BCUT2D eigenvalue weighted by atomic mass is 10.1. The molecule has 0 spiro atoms. The van der Waals surface area contributed by atoms with E-state index in [2.05, 4.69) is 15.6 Å². The number of nitrogens with one attached hydrogen (secondary N) is 1. The SMILES string of the molecule is CC(=O)N/N=C\c1c(C)nn(-c2cc(C)ccc2C)c1Cl. The highest BCUT2D eigenvalue weighted by Crippen LogP contribution is 2.24. The van der Waals surface area contributed by atoms with Crippen molar-refractivity contribution in [1.82, 2.24) is 15.2 Å². The summed E-state index contributed by atoms with van der Waals surface area (Å²) in [5.74, 6) is -0.234. The maximum absolute atomic E-state index is 10.8. The van der Waals surface area contributed by atoms with E-state index in [0.717, 1.165) is 22.5 Å². The molecule has 2 aromatic rings. The molecule has 0 atom stereocenters. The van der Waals surface area contributed by atoms with E-state index in [-0.39, 0.29) is 5.91 Å². The second-order valence-electron chi connectivity index (χ2n) is 4.92. The van der Waals surface area contributed by atoms with Gasteiger partial charge in [-0.05, 0) is 38.0 Å². The van der Waals surface area contributed by atoms with Crippen LogP contribution in [0.5, 0.6) is 0 Å². The van der Waals surface area contributed by atoms with E-state index >= 15 is 0 Å². The van der Waals surface area contributed by atoms with Crippen LogP contribution in [-0.2, 0) is 4.79 Å². The summed E-state index contributed by atoms with van der Waals surface area (Å²) in [6, 6.07) is 6.10. The topological polar surface area (TPSA) is 59.3 Å². The molecule has 0 bridgehead atoms. The van der Waals surface area contributed by atoms with Crippen LogP contribution in [0.1, 0.15) is 29.3 Å². The molecule has 0 unspecified atom stereocenters. The minimum atomic E-state index is -0.234. The number of aromatic nitrogens is 2. The maximum atomic E-state index is 10.8. The molecule has 0 saturated carbocycles. The highest BCUT2D eigenvalue weighted by Gasteiger charge is 2.14. The fourth-order valence-corrected chi connectivity index (χ4v) is 2.27. The van der Waals surface area contributed by atoms with Gasteiger partial charge in [-0.2, -0.15) is 10.2 Å². The van der Waals surface area contributed by atoms with Gasteiger partial charge in [-0.15, -0.1) is 0 Å². The number of hydrazone groups is 1. The number of carbonyl (C=O) groups excluding carboxylic acids is 1. The van der Waals surface area contributed by atoms with Crippen molar-refractivity contribution in [2.24, 2.45) is 5.10 Å². The van der Waals surface area contributed by atoms with Crippen LogP contribution in [0, 0.1) is 20.8 Å². The third-order valence-electron chi connectivity index (χ3n) is 3.06. The summed E-state index contributed by atoms with van der Waals surface area (Å²) in [5, 5.41) is 8.78. The average Bonchev–Trinajstić information content (AvgIpc) is 2.69. The second kappa shape index (κ2) is 6.10. The molecule has 2 rings (SSSR count). The van der Waals surface area contributed by atoms with Crippen LogP contribution in [-0.4, -0.2) is 21.9 Å². The quantitative estimate of drug-likeness (QED) is 0.700. The van der Waals surface area contributed by atoms with Crippen LogP contribution >= 0.6 is 11.6 Å². The zero-order valence-corrected chi connectivity index (χ0v) is 13.2. The first-order valence-corrected chi connectivity index (χ1v) is 6.90. The Hall–Kier alpha value is -2.14. The Morgan fingerprint density at radius 1 is 1.38 bits per heavy atom. The van der Waals surface area contributed by atoms with Gasteiger partial charge < -0.3 is 0 Å². The van der Waals surface area contributed by atoms with Gasteiger partial charge in [-0.25, -0.2) is 10.1 Å². The van der Waals surface area contributed by atoms with Crippen LogP contribution < -0.4 is 5.43 Å². The van der Waals surface area contributed by atoms with Crippen LogP contribution in [0.25, 0.3) is 5.69 Å². The zero-order valence-electron chi connectivity index (χ0n) is 12.4. The fraction of sp³-hybridized carbons (Fsp3) is 0.267. The molecule has 0 aliphatic heterocycles. The van der Waals surface area contributed by atoms with E-state index in [4.69, 9.17) is 11.6 Å². The molecule has 1 aromatic heterocycles. The second-order valence-corrected chi connectivity index (χ2v) is 5.28. The third-order valence-corrected chi connectivity index (χ3v) is 3.42. The van der Waals surface area contributed by atoms with Gasteiger partial charge in [-0.1, -0.05) is 23.7 Å². The Labute approximate surface area is 128 Å². The first-order valence-electron chi connectivity index (χ1n) is 6.52. The summed E-state index contributed by atoms with van der Waals surface area (Å²) < 4.78 is 1.69. The number of nitrogens with zero attached hydrogens (tertiary/aromatic N) is 3. The van der Waals surface area contributed by atoms with Crippen molar-refractivity contribution in [3.05, 3.63) is 45.7 Å². The Morgan fingerprint density at radius 3 is 2.76 bits per heavy atom. The Morgan fingerprint density at radius 2 is 2.10 bits per heavy atom. The van der Waals surface area contributed by atoms with Gasteiger partial charge in [0.2, 0.25) is 5.91 Å². The number of amides is 1. The summed E-state index contributed by atoms with van der Waals surface area (Å²) >= 11 is 6.40. The maximum Gasteiger partial charge on any atom is 0.236 e. The van der Waals surface area contributed by atoms with E-state index in [1.54, 1.807) is 4.68 Å². The average molecular weight is 305 g/mol. The molecule has 1 amide bonds. The number of aryl methyl sites for hydroxylation is 3. The largest absolute Gasteiger partial charge is 0.274 e. The van der Waals surface area contributed by atoms with Gasteiger partial charge in [0.05, 0.1) is 23.2 Å². The Kier molecular flexibility index (Phi) is 4.43. The molecule has 0 saturated heterocycles. The lowest BCUT2D eigenvalue weighted by Crippen LogP contribution is -2.12. The van der Waals surface area contributed by atoms with E-state index in [1.807, 2.05) is 39.0 Å². The number of halogens is 1. The van der Waals surface area contributed by atoms with Crippen molar-refractivity contribution in [2.45, 2.75) is 27.7 Å². The van der Waals surface area contributed by atoms with Gasteiger partial charge in [0.15, 0.2) is 0 Å². The smallest absolute Gasteiger partial charge is 0.236 e. The van der Waals surface area contributed by atoms with Crippen molar-refractivity contribution >= 4 is 23.7 Å². The highest BCUT2D eigenvalue weighted by atomic mass is 35.5. The zero-order chi connectivity index (χ0) is 15.6. The van der Waals surface area contributed by atoms with Gasteiger partial charge in [-0.3, -0.25) is 4.79 Å². The Bertz CT molecular complexity index is 719. The summed E-state index contributed by atoms with van der Waals surface area (Å²) in [4.78, 5) is 10.8. The number of benzene rings is 1. The van der Waals surface area contributed by atoms with E-state index in [9.17, 15) is 4.79 Å². The predicted octanol–water partition coefficient (Wildman–Crippen LogP) is 2.92. The van der Waals surface area contributed by atoms with Crippen LogP contribution in [0.3, 0.4) is 0 Å². The number of hydrogen-bond acceptors (Lipinski definition) is 3. The third kappa shape index (κ3) is 3.31. The molecule has 0 fully saturated rings. The van der Waals surface area contributed by atoms with Crippen LogP contribution in [0.4, 0.5) is 0 Å². The van der Waals surface area contributed by atoms with E-state index in [1.165, 1.54) is 13.1 Å². The molecule has 21 heavy (non-hydrogen) atoms. The summed E-state index contributed by atoms with van der Waals surface area (Å²) in [6.07, 6.45) is 1.51. The number of carbonyl (C=O) groups is 1. The molecular weight excluding hydrogens is 288 g/mol. The molecule has 5 nitrogen and oxygen atoms in total. The summed E-state index contributed by atoms with van der Waals surface area (Å²) in [7, 11) is 0.